The Morgan fingerprint density at radius 2 is 2.19 bits per heavy atom. The third-order valence-corrected chi connectivity index (χ3v) is 6.06. The Bertz CT molecular complexity index is 631. The molecule has 1 heterocycles. The first-order valence-electron chi connectivity index (χ1n) is 6.97. The maximum atomic E-state index is 12.3. The van der Waals surface area contributed by atoms with Crippen molar-refractivity contribution in [2.75, 3.05) is 24.2 Å². The molecule has 7 heteroatoms. The Labute approximate surface area is 130 Å². The van der Waals surface area contributed by atoms with Crippen LogP contribution < -0.4 is 10.6 Å². The Kier molecular flexibility index (Phi) is 5.11. The average Bonchev–Trinajstić information content (AvgIpc) is 2.77. The summed E-state index contributed by atoms with van der Waals surface area (Å²) in [4.78, 5) is 12.3. The highest BCUT2D eigenvalue weighted by atomic mass is 35.5. The third-order valence-electron chi connectivity index (χ3n) is 3.55. The first kappa shape index (κ1) is 16.1. The fourth-order valence-corrected chi connectivity index (χ4v) is 4.38. The van der Waals surface area contributed by atoms with E-state index in [1.54, 1.807) is 18.2 Å². The molecule has 1 atom stereocenters. The van der Waals surface area contributed by atoms with Crippen LogP contribution in [-0.4, -0.2) is 38.4 Å². The van der Waals surface area contributed by atoms with Crippen LogP contribution in [0.1, 0.15) is 30.1 Å². The van der Waals surface area contributed by atoms with E-state index in [1.807, 2.05) is 6.92 Å². The number of rotatable bonds is 5. The average molecular weight is 331 g/mol. The SMILES string of the molecule is CCNc1ccc(Cl)cc1C(=O)NCC1CCCS1(=O)=O. The van der Waals surface area contributed by atoms with E-state index in [-0.39, 0.29) is 18.2 Å². The van der Waals surface area contributed by atoms with E-state index in [9.17, 15) is 13.2 Å². The van der Waals surface area contributed by atoms with Crippen molar-refractivity contribution in [3.8, 4) is 0 Å². The van der Waals surface area contributed by atoms with Gasteiger partial charge in [0.1, 0.15) is 0 Å². The lowest BCUT2D eigenvalue weighted by molar-refractivity contribution is 0.0954. The highest BCUT2D eigenvalue weighted by molar-refractivity contribution is 7.92. The largest absolute Gasteiger partial charge is 0.385 e. The second-order valence-electron chi connectivity index (χ2n) is 5.06. The Morgan fingerprint density at radius 3 is 2.81 bits per heavy atom. The van der Waals surface area contributed by atoms with Gasteiger partial charge in [-0.3, -0.25) is 4.79 Å². The van der Waals surface area contributed by atoms with Gasteiger partial charge in [0.05, 0.1) is 16.6 Å². The van der Waals surface area contributed by atoms with Crippen molar-refractivity contribution >= 4 is 33.0 Å². The third kappa shape index (κ3) is 3.89. The molecular formula is C14H19ClN2O3S. The quantitative estimate of drug-likeness (QED) is 0.866. The predicted octanol–water partition coefficient (Wildman–Crippen LogP) is 2.08. The lowest BCUT2D eigenvalue weighted by Crippen LogP contribution is -2.34. The standard InChI is InChI=1S/C14H19ClN2O3S/c1-2-16-13-6-5-10(15)8-12(13)14(18)17-9-11-4-3-7-21(11,19)20/h5-6,8,11,16H,2-4,7,9H2,1H3,(H,17,18). The van der Waals surface area contributed by atoms with Gasteiger partial charge in [0.2, 0.25) is 0 Å². The number of sulfone groups is 1. The van der Waals surface area contributed by atoms with Crippen molar-refractivity contribution in [3.63, 3.8) is 0 Å². The highest BCUT2D eigenvalue weighted by Crippen LogP contribution is 2.22. The molecule has 0 aliphatic carbocycles. The van der Waals surface area contributed by atoms with Crippen LogP contribution >= 0.6 is 11.6 Å². The van der Waals surface area contributed by atoms with E-state index >= 15 is 0 Å². The second kappa shape index (κ2) is 6.66. The molecule has 1 aromatic rings. The summed E-state index contributed by atoms with van der Waals surface area (Å²) in [7, 11) is -3.05. The van der Waals surface area contributed by atoms with Gasteiger partial charge >= 0.3 is 0 Å². The fourth-order valence-electron chi connectivity index (χ4n) is 2.44. The van der Waals surface area contributed by atoms with Crippen LogP contribution in [0.2, 0.25) is 5.02 Å². The number of hydrogen-bond acceptors (Lipinski definition) is 4. The molecule has 116 valence electrons. The molecule has 1 aromatic carbocycles. The van der Waals surface area contributed by atoms with Gasteiger partial charge in [-0.1, -0.05) is 11.6 Å². The summed E-state index contributed by atoms with van der Waals surface area (Å²) in [5, 5.41) is 5.80. The Morgan fingerprint density at radius 1 is 1.43 bits per heavy atom. The minimum atomic E-state index is -3.05. The van der Waals surface area contributed by atoms with E-state index in [1.165, 1.54) is 0 Å². The molecule has 1 saturated heterocycles. The maximum Gasteiger partial charge on any atom is 0.253 e. The van der Waals surface area contributed by atoms with Crippen molar-refractivity contribution in [2.45, 2.75) is 25.0 Å². The summed E-state index contributed by atoms with van der Waals surface area (Å²) in [6.45, 7) is 2.76. The van der Waals surface area contributed by atoms with Crippen molar-refractivity contribution < 1.29 is 13.2 Å². The summed E-state index contributed by atoms with van der Waals surface area (Å²) < 4.78 is 23.5. The minimum Gasteiger partial charge on any atom is -0.385 e. The first-order valence-corrected chi connectivity index (χ1v) is 9.06. The Hall–Kier alpha value is -1.27. The number of carbonyl (C=O) groups excluding carboxylic acids is 1. The molecule has 1 aliphatic rings. The first-order chi connectivity index (χ1) is 9.94. The lowest BCUT2D eigenvalue weighted by atomic mass is 10.1. The second-order valence-corrected chi connectivity index (χ2v) is 7.90. The number of halogens is 1. The van der Waals surface area contributed by atoms with Crippen LogP contribution in [0.15, 0.2) is 18.2 Å². The van der Waals surface area contributed by atoms with E-state index in [4.69, 9.17) is 11.6 Å². The molecule has 1 fully saturated rings. The van der Waals surface area contributed by atoms with Gasteiger partial charge in [0.25, 0.3) is 5.91 Å². The van der Waals surface area contributed by atoms with Crippen LogP contribution in [0, 0.1) is 0 Å². The molecule has 2 N–H and O–H groups in total. The zero-order chi connectivity index (χ0) is 15.5. The predicted molar refractivity (Wildman–Crippen MR) is 84.8 cm³/mol. The molecule has 0 radical (unpaired) electrons. The van der Waals surface area contributed by atoms with E-state index in [2.05, 4.69) is 10.6 Å². The van der Waals surface area contributed by atoms with Gasteiger partial charge in [-0.05, 0) is 38.0 Å². The van der Waals surface area contributed by atoms with Crippen molar-refractivity contribution in [1.82, 2.24) is 5.32 Å². The maximum absolute atomic E-state index is 12.3. The molecule has 1 unspecified atom stereocenters. The van der Waals surface area contributed by atoms with Gasteiger partial charge in [-0.2, -0.15) is 0 Å². The van der Waals surface area contributed by atoms with Crippen molar-refractivity contribution in [1.29, 1.82) is 0 Å². The molecule has 0 aromatic heterocycles. The molecule has 5 nitrogen and oxygen atoms in total. The van der Waals surface area contributed by atoms with Gasteiger partial charge in [0, 0.05) is 23.8 Å². The summed E-state index contributed by atoms with van der Waals surface area (Å²) in [5.74, 6) is -0.0941. The number of hydrogen-bond donors (Lipinski definition) is 2. The van der Waals surface area contributed by atoms with Crippen LogP contribution in [-0.2, 0) is 9.84 Å². The summed E-state index contributed by atoms with van der Waals surface area (Å²) in [5.41, 5.74) is 1.12. The molecule has 0 spiro atoms. The molecule has 0 bridgehead atoms. The highest BCUT2D eigenvalue weighted by Gasteiger charge is 2.31. The lowest BCUT2D eigenvalue weighted by Gasteiger charge is -2.14. The van der Waals surface area contributed by atoms with Gasteiger partial charge in [-0.25, -0.2) is 8.42 Å². The normalized spacial score (nSPS) is 20.2. The van der Waals surface area contributed by atoms with Crippen molar-refractivity contribution in [2.24, 2.45) is 0 Å². The summed E-state index contributed by atoms with van der Waals surface area (Å²) in [6, 6.07) is 5.03. The zero-order valence-corrected chi connectivity index (χ0v) is 13.4. The molecule has 1 amide bonds. The zero-order valence-electron chi connectivity index (χ0n) is 11.9. The van der Waals surface area contributed by atoms with Crippen molar-refractivity contribution in [3.05, 3.63) is 28.8 Å². The van der Waals surface area contributed by atoms with Crippen LogP contribution in [0.5, 0.6) is 0 Å². The minimum absolute atomic E-state index is 0.152. The van der Waals surface area contributed by atoms with Crippen LogP contribution in [0.3, 0.4) is 0 Å². The number of benzene rings is 1. The number of anilines is 1. The number of nitrogens with one attached hydrogen (secondary N) is 2. The molecule has 21 heavy (non-hydrogen) atoms. The molecule has 2 rings (SSSR count). The monoisotopic (exact) mass is 330 g/mol. The molecule has 0 saturated carbocycles. The van der Waals surface area contributed by atoms with Crippen LogP contribution in [0.25, 0.3) is 0 Å². The Balaban J connectivity index is 2.08. The van der Waals surface area contributed by atoms with Gasteiger partial charge in [0.15, 0.2) is 9.84 Å². The van der Waals surface area contributed by atoms with Gasteiger partial charge < -0.3 is 10.6 Å². The topological polar surface area (TPSA) is 75.3 Å². The van der Waals surface area contributed by atoms with E-state index in [0.29, 0.717) is 35.7 Å². The smallest absolute Gasteiger partial charge is 0.253 e. The number of carbonyl (C=O) groups is 1. The fraction of sp³-hybridized carbons (Fsp3) is 0.500. The molecular weight excluding hydrogens is 312 g/mol. The number of amides is 1. The van der Waals surface area contributed by atoms with E-state index in [0.717, 1.165) is 0 Å². The van der Waals surface area contributed by atoms with E-state index < -0.39 is 15.1 Å². The van der Waals surface area contributed by atoms with Gasteiger partial charge in [-0.15, -0.1) is 0 Å². The summed E-state index contributed by atoms with van der Waals surface area (Å²) >= 11 is 5.93. The van der Waals surface area contributed by atoms with Crippen LogP contribution in [0.4, 0.5) is 5.69 Å². The molecule has 1 aliphatic heterocycles. The summed E-state index contributed by atoms with van der Waals surface area (Å²) in [6.07, 6.45) is 1.28.